The molecule has 0 saturated carbocycles. The molecule has 2 aromatic rings. The molecule has 2 aromatic carbocycles. The number of carbonyl (C=O) groups excluding carboxylic acids is 1. The monoisotopic (exact) mass is 258 g/mol. The second kappa shape index (κ2) is 6.00. The van der Waals surface area contributed by atoms with Crippen molar-refractivity contribution in [2.75, 3.05) is 12.3 Å². The van der Waals surface area contributed by atoms with Crippen molar-refractivity contribution in [3.8, 4) is 0 Å². The van der Waals surface area contributed by atoms with Gasteiger partial charge in [0.2, 0.25) is 0 Å². The smallest absolute Gasteiger partial charge is 0.251 e. The number of anilines is 1. The minimum atomic E-state index is -0.257. The van der Waals surface area contributed by atoms with E-state index in [0.717, 1.165) is 5.56 Å². The Morgan fingerprint density at radius 1 is 1.16 bits per heavy atom. The molecule has 0 unspecified atom stereocenters. The number of nitrogen functional groups attached to an aromatic ring is 1. The molecule has 2 rings (SSSR count). The highest BCUT2D eigenvalue weighted by atomic mass is 19.1. The number of carbonyl (C=O) groups is 1. The molecule has 3 N–H and O–H groups in total. The highest BCUT2D eigenvalue weighted by Gasteiger charge is 2.04. The maximum Gasteiger partial charge on any atom is 0.251 e. The fraction of sp³-hybridized carbons (Fsp3) is 0.133. The zero-order valence-electron chi connectivity index (χ0n) is 10.4. The molecule has 0 aliphatic rings. The minimum absolute atomic E-state index is 0.158. The van der Waals surface area contributed by atoms with Gasteiger partial charge in [-0.2, -0.15) is 0 Å². The van der Waals surface area contributed by atoms with Crippen LogP contribution < -0.4 is 11.1 Å². The van der Waals surface area contributed by atoms with Crippen LogP contribution in [0.25, 0.3) is 0 Å². The number of halogens is 1. The Balaban J connectivity index is 1.86. The van der Waals surface area contributed by atoms with Crippen molar-refractivity contribution >= 4 is 11.6 Å². The Hall–Kier alpha value is -2.36. The molecule has 0 spiro atoms. The molecular weight excluding hydrogens is 243 g/mol. The summed E-state index contributed by atoms with van der Waals surface area (Å²) in [6.07, 6.45) is 0.661. The van der Waals surface area contributed by atoms with E-state index in [0.29, 0.717) is 24.2 Å². The average molecular weight is 258 g/mol. The Morgan fingerprint density at radius 2 is 1.89 bits per heavy atom. The Kier molecular flexibility index (Phi) is 4.13. The Morgan fingerprint density at radius 3 is 2.58 bits per heavy atom. The van der Waals surface area contributed by atoms with Gasteiger partial charge in [-0.1, -0.05) is 18.2 Å². The Bertz CT molecular complexity index is 567. The number of hydrogen-bond donors (Lipinski definition) is 2. The van der Waals surface area contributed by atoms with Gasteiger partial charge in [0.25, 0.3) is 5.91 Å². The molecule has 0 heterocycles. The molecular formula is C15H15FN2O. The SMILES string of the molecule is Nc1cccc(C(=O)NCCc2ccc(F)cc2)c1. The van der Waals surface area contributed by atoms with E-state index in [1.165, 1.54) is 12.1 Å². The van der Waals surface area contributed by atoms with Crippen LogP contribution in [0.1, 0.15) is 15.9 Å². The van der Waals surface area contributed by atoms with Crippen molar-refractivity contribution in [1.29, 1.82) is 0 Å². The third kappa shape index (κ3) is 3.81. The molecule has 3 nitrogen and oxygen atoms in total. The van der Waals surface area contributed by atoms with Gasteiger partial charge in [0.15, 0.2) is 0 Å². The van der Waals surface area contributed by atoms with Crippen LogP contribution in [0, 0.1) is 5.82 Å². The number of nitrogens with one attached hydrogen (secondary N) is 1. The number of benzene rings is 2. The lowest BCUT2D eigenvalue weighted by atomic mass is 10.1. The average Bonchev–Trinajstić information content (AvgIpc) is 2.41. The minimum Gasteiger partial charge on any atom is -0.399 e. The van der Waals surface area contributed by atoms with Crippen LogP contribution in [0.5, 0.6) is 0 Å². The van der Waals surface area contributed by atoms with Gasteiger partial charge in [-0.3, -0.25) is 4.79 Å². The van der Waals surface area contributed by atoms with E-state index in [1.807, 2.05) is 0 Å². The summed E-state index contributed by atoms with van der Waals surface area (Å²) in [6.45, 7) is 0.499. The van der Waals surface area contributed by atoms with E-state index in [9.17, 15) is 9.18 Å². The molecule has 0 bridgehead atoms. The van der Waals surface area contributed by atoms with Crippen LogP contribution in [0.15, 0.2) is 48.5 Å². The molecule has 0 radical (unpaired) electrons. The third-order valence-corrected chi connectivity index (χ3v) is 2.76. The molecule has 19 heavy (non-hydrogen) atoms. The summed E-state index contributed by atoms with van der Waals surface area (Å²) in [5, 5.41) is 2.80. The zero-order chi connectivity index (χ0) is 13.7. The molecule has 0 aliphatic heterocycles. The summed E-state index contributed by atoms with van der Waals surface area (Å²) >= 11 is 0. The zero-order valence-corrected chi connectivity index (χ0v) is 10.4. The van der Waals surface area contributed by atoms with Crippen LogP contribution in [-0.2, 0) is 6.42 Å². The largest absolute Gasteiger partial charge is 0.399 e. The van der Waals surface area contributed by atoms with E-state index in [2.05, 4.69) is 5.32 Å². The fourth-order valence-electron chi connectivity index (χ4n) is 1.75. The van der Waals surface area contributed by atoms with Crippen molar-refractivity contribution in [3.05, 3.63) is 65.5 Å². The third-order valence-electron chi connectivity index (χ3n) is 2.76. The molecule has 0 aliphatic carbocycles. The maximum atomic E-state index is 12.7. The first-order valence-electron chi connectivity index (χ1n) is 6.03. The first-order valence-corrected chi connectivity index (χ1v) is 6.03. The van der Waals surface area contributed by atoms with Gasteiger partial charge in [0.05, 0.1) is 0 Å². The molecule has 0 aromatic heterocycles. The molecule has 0 atom stereocenters. The van der Waals surface area contributed by atoms with Crippen molar-refractivity contribution in [3.63, 3.8) is 0 Å². The lowest BCUT2D eigenvalue weighted by Crippen LogP contribution is -2.25. The molecule has 1 amide bonds. The fourth-order valence-corrected chi connectivity index (χ4v) is 1.75. The predicted molar refractivity (Wildman–Crippen MR) is 73.3 cm³/mol. The molecule has 0 saturated heterocycles. The molecule has 98 valence electrons. The van der Waals surface area contributed by atoms with Crippen LogP contribution in [0.2, 0.25) is 0 Å². The summed E-state index contributed by atoms with van der Waals surface area (Å²) in [5.41, 5.74) is 7.70. The quantitative estimate of drug-likeness (QED) is 0.827. The van der Waals surface area contributed by atoms with E-state index in [1.54, 1.807) is 36.4 Å². The van der Waals surface area contributed by atoms with E-state index < -0.39 is 0 Å². The second-order valence-electron chi connectivity index (χ2n) is 4.26. The number of rotatable bonds is 4. The Labute approximate surface area is 111 Å². The van der Waals surface area contributed by atoms with Gasteiger partial charge in [0, 0.05) is 17.8 Å². The van der Waals surface area contributed by atoms with Gasteiger partial charge in [-0.05, 0) is 42.3 Å². The number of nitrogens with two attached hydrogens (primary N) is 1. The first kappa shape index (κ1) is 13.1. The predicted octanol–water partition coefficient (Wildman–Crippen LogP) is 2.38. The van der Waals surface area contributed by atoms with Crippen molar-refractivity contribution in [1.82, 2.24) is 5.32 Å². The number of hydrogen-bond acceptors (Lipinski definition) is 2. The van der Waals surface area contributed by atoms with Gasteiger partial charge in [-0.25, -0.2) is 4.39 Å². The van der Waals surface area contributed by atoms with Gasteiger partial charge in [0.1, 0.15) is 5.82 Å². The lowest BCUT2D eigenvalue weighted by molar-refractivity contribution is 0.0954. The van der Waals surface area contributed by atoms with E-state index in [4.69, 9.17) is 5.73 Å². The van der Waals surface area contributed by atoms with E-state index >= 15 is 0 Å². The highest BCUT2D eigenvalue weighted by Crippen LogP contribution is 2.06. The van der Waals surface area contributed by atoms with Crippen LogP contribution >= 0.6 is 0 Å². The topological polar surface area (TPSA) is 55.1 Å². The summed E-state index contributed by atoms with van der Waals surface area (Å²) in [5.74, 6) is -0.415. The summed E-state index contributed by atoms with van der Waals surface area (Å²) in [7, 11) is 0. The van der Waals surface area contributed by atoms with Gasteiger partial charge >= 0.3 is 0 Å². The van der Waals surface area contributed by atoms with Crippen LogP contribution in [0.3, 0.4) is 0 Å². The summed E-state index contributed by atoms with van der Waals surface area (Å²) in [4.78, 5) is 11.8. The van der Waals surface area contributed by atoms with Gasteiger partial charge < -0.3 is 11.1 Å². The van der Waals surface area contributed by atoms with Gasteiger partial charge in [-0.15, -0.1) is 0 Å². The lowest BCUT2D eigenvalue weighted by Gasteiger charge is -2.06. The van der Waals surface area contributed by atoms with Crippen LogP contribution in [-0.4, -0.2) is 12.5 Å². The van der Waals surface area contributed by atoms with Crippen LogP contribution in [0.4, 0.5) is 10.1 Å². The van der Waals surface area contributed by atoms with E-state index in [-0.39, 0.29) is 11.7 Å². The molecule has 4 heteroatoms. The van der Waals surface area contributed by atoms with Crippen molar-refractivity contribution in [2.45, 2.75) is 6.42 Å². The standard InChI is InChI=1S/C15H15FN2O/c16-13-6-4-11(5-7-13)8-9-18-15(19)12-2-1-3-14(17)10-12/h1-7,10H,8-9,17H2,(H,18,19). The first-order chi connectivity index (χ1) is 9.15. The molecule has 0 fully saturated rings. The normalized spacial score (nSPS) is 10.2. The van der Waals surface area contributed by atoms with Crippen molar-refractivity contribution in [2.24, 2.45) is 0 Å². The maximum absolute atomic E-state index is 12.7. The second-order valence-corrected chi connectivity index (χ2v) is 4.26. The van der Waals surface area contributed by atoms with Crippen molar-refractivity contribution < 1.29 is 9.18 Å². The summed E-state index contributed by atoms with van der Waals surface area (Å²) in [6, 6.07) is 13.1. The summed E-state index contributed by atoms with van der Waals surface area (Å²) < 4.78 is 12.7. The number of amides is 1. The highest BCUT2D eigenvalue weighted by molar-refractivity contribution is 5.94.